The molecule has 3 rings (SSSR count). The molecule has 7 nitrogen and oxygen atoms in total. The summed E-state index contributed by atoms with van der Waals surface area (Å²) in [5.74, 6) is -1.93. The number of hydrogen-bond acceptors (Lipinski definition) is 5. The molecule has 1 atom stereocenters. The number of imide groups is 2. The molecule has 2 aliphatic rings. The molecular formula is C19H22N2O5. The van der Waals surface area contributed by atoms with Crippen LogP contribution < -0.4 is 5.32 Å². The molecular weight excluding hydrogens is 336 g/mol. The highest BCUT2D eigenvalue weighted by Crippen LogP contribution is 2.28. The summed E-state index contributed by atoms with van der Waals surface area (Å²) in [4.78, 5) is 49.6. The van der Waals surface area contributed by atoms with Gasteiger partial charge < -0.3 is 5.11 Å². The number of carbonyl (C=O) groups excluding carboxylic acids is 4. The molecule has 2 N–H and O–H groups in total. The van der Waals surface area contributed by atoms with E-state index < -0.39 is 23.8 Å². The molecule has 2 aliphatic heterocycles. The number of unbranched alkanes of at least 4 members (excludes halogenated alkanes) is 3. The number of aliphatic hydroxyl groups excluding tert-OH is 1. The molecule has 4 amide bonds. The zero-order chi connectivity index (χ0) is 18.7. The van der Waals surface area contributed by atoms with Crippen molar-refractivity contribution >= 4 is 23.6 Å². The van der Waals surface area contributed by atoms with E-state index in [9.17, 15) is 19.2 Å². The van der Waals surface area contributed by atoms with Crippen LogP contribution in [0.5, 0.6) is 0 Å². The van der Waals surface area contributed by atoms with Crippen LogP contribution in [0.2, 0.25) is 0 Å². The van der Waals surface area contributed by atoms with Crippen LogP contribution in [0.4, 0.5) is 0 Å². The summed E-state index contributed by atoms with van der Waals surface area (Å²) in [6.45, 7) is 0.200. The summed E-state index contributed by atoms with van der Waals surface area (Å²) in [7, 11) is 0. The van der Waals surface area contributed by atoms with E-state index in [1.54, 1.807) is 12.1 Å². The molecule has 1 unspecified atom stereocenters. The number of aryl methyl sites for hydroxylation is 1. The smallest absolute Gasteiger partial charge is 0.262 e. The van der Waals surface area contributed by atoms with Gasteiger partial charge in [0, 0.05) is 13.0 Å². The molecule has 7 heteroatoms. The Hall–Kier alpha value is -2.54. The summed E-state index contributed by atoms with van der Waals surface area (Å²) >= 11 is 0. The summed E-state index contributed by atoms with van der Waals surface area (Å²) in [5.41, 5.74) is 1.61. The van der Waals surface area contributed by atoms with Crippen molar-refractivity contribution in [3.8, 4) is 0 Å². The van der Waals surface area contributed by atoms with Crippen molar-refractivity contribution in [3.05, 3.63) is 34.9 Å². The van der Waals surface area contributed by atoms with Crippen LogP contribution >= 0.6 is 0 Å². The first kappa shape index (κ1) is 18.3. The Morgan fingerprint density at radius 2 is 1.73 bits per heavy atom. The van der Waals surface area contributed by atoms with Crippen molar-refractivity contribution < 1.29 is 24.3 Å². The number of piperidine rings is 1. The lowest BCUT2D eigenvalue weighted by Crippen LogP contribution is -2.54. The minimum Gasteiger partial charge on any atom is -0.396 e. The van der Waals surface area contributed by atoms with Gasteiger partial charge in [-0.05, 0) is 43.4 Å². The van der Waals surface area contributed by atoms with Crippen molar-refractivity contribution in [2.24, 2.45) is 0 Å². The summed E-state index contributed by atoms with van der Waals surface area (Å²) in [6, 6.07) is 4.28. The van der Waals surface area contributed by atoms with E-state index in [1.807, 2.05) is 6.07 Å². The highest BCUT2D eigenvalue weighted by molar-refractivity contribution is 6.23. The molecule has 0 aromatic heterocycles. The van der Waals surface area contributed by atoms with Crippen molar-refractivity contribution in [3.63, 3.8) is 0 Å². The van der Waals surface area contributed by atoms with Crippen LogP contribution in [-0.4, -0.2) is 46.3 Å². The number of aliphatic hydroxyl groups is 1. The molecule has 0 bridgehead atoms. The van der Waals surface area contributed by atoms with Gasteiger partial charge in [0.25, 0.3) is 11.8 Å². The highest BCUT2D eigenvalue weighted by Gasteiger charge is 2.44. The normalized spacial score (nSPS) is 19.7. The molecule has 0 saturated carbocycles. The van der Waals surface area contributed by atoms with E-state index in [0.29, 0.717) is 11.1 Å². The number of carbonyl (C=O) groups is 4. The topological polar surface area (TPSA) is 104 Å². The van der Waals surface area contributed by atoms with Gasteiger partial charge in [-0.25, -0.2) is 0 Å². The van der Waals surface area contributed by atoms with E-state index >= 15 is 0 Å². The molecule has 0 spiro atoms. The Bertz CT molecular complexity index is 758. The van der Waals surface area contributed by atoms with Gasteiger partial charge in [-0.2, -0.15) is 0 Å². The molecule has 1 aromatic rings. The van der Waals surface area contributed by atoms with Crippen molar-refractivity contribution in [2.75, 3.05) is 6.61 Å². The fraction of sp³-hybridized carbons (Fsp3) is 0.474. The van der Waals surface area contributed by atoms with Gasteiger partial charge in [0.1, 0.15) is 6.04 Å². The molecule has 26 heavy (non-hydrogen) atoms. The molecule has 0 radical (unpaired) electrons. The zero-order valence-electron chi connectivity index (χ0n) is 14.5. The second-order valence-corrected chi connectivity index (χ2v) is 6.71. The molecule has 1 saturated heterocycles. The fourth-order valence-corrected chi connectivity index (χ4v) is 3.47. The Morgan fingerprint density at radius 1 is 1.00 bits per heavy atom. The van der Waals surface area contributed by atoms with Crippen LogP contribution in [0.25, 0.3) is 0 Å². The van der Waals surface area contributed by atoms with Gasteiger partial charge >= 0.3 is 0 Å². The van der Waals surface area contributed by atoms with E-state index in [4.69, 9.17) is 5.11 Å². The highest BCUT2D eigenvalue weighted by atomic mass is 16.3. The third-order valence-corrected chi connectivity index (χ3v) is 4.88. The quantitative estimate of drug-likeness (QED) is 0.563. The monoisotopic (exact) mass is 358 g/mol. The number of nitrogens with zero attached hydrogens (tertiary/aromatic N) is 1. The Balaban J connectivity index is 1.71. The summed E-state index contributed by atoms with van der Waals surface area (Å²) < 4.78 is 0. The van der Waals surface area contributed by atoms with Crippen LogP contribution in [0.15, 0.2) is 18.2 Å². The Morgan fingerprint density at radius 3 is 2.46 bits per heavy atom. The fourth-order valence-electron chi connectivity index (χ4n) is 3.47. The van der Waals surface area contributed by atoms with Crippen molar-refractivity contribution in [1.82, 2.24) is 10.2 Å². The molecule has 2 heterocycles. The van der Waals surface area contributed by atoms with Crippen LogP contribution in [-0.2, 0) is 16.0 Å². The Labute approximate surface area is 151 Å². The lowest BCUT2D eigenvalue weighted by atomic mass is 10.0. The van der Waals surface area contributed by atoms with E-state index in [0.717, 1.165) is 42.6 Å². The van der Waals surface area contributed by atoms with Crippen LogP contribution in [0.1, 0.15) is 64.8 Å². The summed E-state index contributed by atoms with van der Waals surface area (Å²) in [5, 5.41) is 11.0. The maximum absolute atomic E-state index is 12.7. The number of nitrogens with one attached hydrogen (secondary N) is 1. The number of benzene rings is 1. The van der Waals surface area contributed by atoms with Crippen molar-refractivity contribution in [1.29, 1.82) is 0 Å². The average Bonchev–Trinajstić information content (AvgIpc) is 2.86. The summed E-state index contributed by atoms with van der Waals surface area (Å²) in [6.07, 6.45) is 4.75. The first-order valence-corrected chi connectivity index (χ1v) is 8.98. The number of rotatable bonds is 7. The second-order valence-electron chi connectivity index (χ2n) is 6.71. The van der Waals surface area contributed by atoms with E-state index in [2.05, 4.69) is 5.32 Å². The molecule has 1 aromatic carbocycles. The average molecular weight is 358 g/mol. The number of amides is 4. The van der Waals surface area contributed by atoms with Gasteiger partial charge in [-0.1, -0.05) is 18.9 Å². The predicted octanol–water partition coefficient (Wildman–Crippen LogP) is 1.18. The maximum Gasteiger partial charge on any atom is 0.262 e. The van der Waals surface area contributed by atoms with Gasteiger partial charge in [0.15, 0.2) is 0 Å². The van der Waals surface area contributed by atoms with Gasteiger partial charge in [-0.3, -0.25) is 29.4 Å². The van der Waals surface area contributed by atoms with Gasteiger partial charge in [0.05, 0.1) is 11.1 Å². The van der Waals surface area contributed by atoms with Crippen LogP contribution in [0, 0.1) is 0 Å². The first-order valence-electron chi connectivity index (χ1n) is 8.98. The van der Waals surface area contributed by atoms with Gasteiger partial charge in [-0.15, -0.1) is 0 Å². The lowest BCUT2D eigenvalue weighted by molar-refractivity contribution is -0.136. The van der Waals surface area contributed by atoms with E-state index in [-0.39, 0.29) is 25.4 Å². The number of hydrogen-bond donors (Lipinski definition) is 2. The minimum absolute atomic E-state index is 0.114. The Kier molecular flexibility index (Phi) is 5.46. The SMILES string of the molecule is O=C1CCC(N2C(=O)c3ccc(CCCCCCO)cc3C2=O)C(=O)N1. The molecule has 1 fully saturated rings. The van der Waals surface area contributed by atoms with Crippen molar-refractivity contribution in [2.45, 2.75) is 51.0 Å². The predicted molar refractivity (Wildman–Crippen MR) is 92.4 cm³/mol. The van der Waals surface area contributed by atoms with Gasteiger partial charge in [0.2, 0.25) is 11.8 Å². The standard InChI is InChI=1S/C19H22N2O5/c22-10-4-2-1-3-5-12-6-7-13-14(11-12)19(26)21(18(13)25)15-8-9-16(23)20-17(15)24/h6-7,11,15,22H,1-5,8-10H2,(H,20,23,24). The zero-order valence-corrected chi connectivity index (χ0v) is 14.5. The third kappa shape index (κ3) is 3.53. The largest absolute Gasteiger partial charge is 0.396 e. The van der Waals surface area contributed by atoms with Crippen LogP contribution in [0.3, 0.4) is 0 Å². The first-order chi connectivity index (χ1) is 12.5. The maximum atomic E-state index is 12.7. The number of fused-ring (bicyclic) bond motifs is 1. The molecule has 0 aliphatic carbocycles. The second kappa shape index (κ2) is 7.78. The minimum atomic E-state index is -0.929. The molecule has 138 valence electrons. The van der Waals surface area contributed by atoms with E-state index in [1.165, 1.54) is 0 Å². The third-order valence-electron chi connectivity index (χ3n) is 4.88. The lowest BCUT2D eigenvalue weighted by Gasteiger charge is -2.27.